The van der Waals surface area contributed by atoms with Gasteiger partial charge in [-0.25, -0.2) is 0 Å². The molecule has 0 atom stereocenters. The second-order valence-electron chi connectivity index (χ2n) is 5.39. The van der Waals surface area contributed by atoms with E-state index in [0.717, 1.165) is 69.5 Å². The standard InChI is InChI=1S/C17H28N6O.HI/c1-3-18-17(20-12-8-14-24-4-2)19-11-7-10-16-22-21-15-9-5-6-13-23(15)16;/h5-6,9,13H,3-4,7-8,10-12,14H2,1-2H3,(H2,18,19,20);1H. The Labute approximate surface area is 166 Å². The van der Waals surface area contributed by atoms with Crippen molar-refractivity contribution in [2.45, 2.75) is 33.1 Å². The predicted molar refractivity (Wildman–Crippen MR) is 112 cm³/mol. The Morgan fingerprint density at radius 2 is 2.08 bits per heavy atom. The molecule has 0 saturated heterocycles. The second kappa shape index (κ2) is 12.9. The van der Waals surface area contributed by atoms with Crippen molar-refractivity contribution >= 4 is 35.6 Å². The molecular formula is C17H29IN6O. The first kappa shape index (κ1) is 21.6. The Balaban J connectivity index is 0.00000312. The van der Waals surface area contributed by atoms with Gasteiger partial charge in [0.2, 0.25) is 0 Å². The number of guanidine groups is 1. The quantitative estimate of drug-likeness (QED) is 0.246. The summed E-state index contributed by atoms with van der Waals surface area (Å²) in [6.45, 7) is 8.10. The summed E-state index contributed by atoms with van der Waals surface area (Å²) in [6.07, 6.45) is 4.77. The minimum Gasteiger partial charge on any atom is -0.382 e. The average molecular weight is 460 g/mol. The minimum atomic E-state index is 0. The maximum absolute atomic E-state index is 5.33. The number of ether oxygens (including phenoxy) is 1. The Kier molecular flexibility index (Phi) is 11.1. The van der Waals surface area contributed by atoms with Crippen molar-refractivity contribution in [2.24, 2.45) is 4.99 Å². The van der Waals surface area contributed by atoms with Crippen molar-refractivity contribution in [2.75, 3.05) is 32.8 Å². The monoisotopic (exact) mass is 460 g/mol. The van der Waals surface area contributed by atoms with Gasteiger partial charge >= 0.3 is 0 Å². The lowest BCUT2D eigenvalue weighted by Gasteiger charge is -2.11. The summed E-state index contributed by atoms with van der Waals surface area (Å²) in [4.78, 5) is 4.61. The van der Waals surface area contributed by atoms with Gasteiger partial charge < -0.3 is 15.4 Å². The molecule has 0 bridgehead atoms. The lowest BCUT2D eigenvalue weighted by Crippen LogP contribution is -2.38. The number of pyridine rings is 1. The average Bonchev–Trinajstić information content (AvgIpc) is 3.01. The summed E-state index contributed by atoms with van der Waals surface area (Å²) in [5, 5.41) is 15.0. The number of nitrogens with one attached hydrogen (secondary N) is 2. The molecule has 2 rings (SSSR count). The van der Waals surface area contributed by atoms with E-state index in [1.165, 1.54) is 0 Å². The van der Waals surface area contributed by atoms with Gasteiger partial charge in [-0.1, -0.05) is 6.07 Å². The maximum Gasteiger partial charge on any atom is 0.191 e. The molecule has 0 saturated carbocycles. The van der Waals surface area contributed by atoms with Crippen LogP contribution in [0.5, 0.6) is 0 Å². The number of aryl methyl sites for hydroxylation is 1. The molecule has 0 unspecified atom stereocenters. The minimum absolute atomic E-state index is 0. The molecule has 0 aromatic carbocycles. The lowest BCUT2D eigenvalue weighted by atomic mass is 10.3. The fourth-order valence-electron chi connectivity index (χ4n) is 2.36. The highest BCUT2D eigenvalue weighted by Crippen LogP contribution is 2.05. The third-order valence-electron chi connectivity index (χ3n) is 3.52. The van der Waals surface area contributed by atoms with Crippen molar-refractivity contribution in [3.05, 3.63) is 30.2 Å². The molecule has 8 heteroatoms. The SMILES string of the molecule is CCNC(=NCCCc1nnc2ccccn12)NCCCOCC.I. The molecule has 25 heavy (non-hydrogen) atoms. The summed E-state index contributed by atoms with van der Waals surface area (Å²) in [5.74, 6) is 1.84. The van der Waals surface area contributed by atoms with Gasteiger partial charge in [-0.2, -0.15) is 0 Å². The first-order valence-electron chi connectivity index (χ1n) is 8.73. The van der Waals surface area contributed by atoms with Gasteiger partial charge in [-0.05, 0) is 38.8 Å². The van der Waals surface area contributed by atoms with Crippen LogP contribution in [0.25, 0.3) is 5.65 Å². The van der Waals surface area contributed by atoms with E-state index < -0.39 is 0 Å². The molecule has 0 amide bonds. The Hall–Kier alpha value is -1.42. The second-order valence-corrected chi connectivity index (χ2v) is 5.39. The lowest BCUT2D eigenvalue weighted by molar-refractivity contribution is 0.145. The van der Waals surface area contributed by atoms with E-state index in [1.807, 2.05) is 35.7 Å². The van der Waals surface area contributed by atoms with Crippen molar-refractivity contribution < 1.29 is 4.74 Å². The highest BCUT2D eigenvalue weighted by atomic mass is 127. The van der Waals surface area contributed by atoms with Crippen LogP contribution in [-0.2, 0) is 11.2 Å². The van der Waals surface area contributed by atoms with Gasteiger partial charge in [-0.15, -0.1) is 34.2 Å². The Morgan fingerprint density at radius 3 is 2.88 bits per heavy atom. The third-order valence-corrected chi connectivity index (χ3v) is 3.52. The molecule has 0 aliphatic heterocycles. The third kappa shape index (κ3) is 7.55. The summed E-state index contributed by atoms with van der Waals surface area (Å²) in [6, 6.07) is 5.93. The topological polar surface area (TPSA) is 75.8 Å². The highest BCUT2D eigenvalue weighted by Gasteiger charge is 2.04. The van der Waals surface area contributed by atoms with Crippen LogP contribution < -0.4 is 10.6 Å². The molecule has 2 aromatic rings. The number of rotatable bonds is 10. The van der Waals surface area contributed by atoms with Gasteiger partial charge in [0.25, 0.3) is 0 Å². The number of hydrogen-bond acceptors (Lipinski definition) is 4. The molecule has 2 N–H and O–H groups in total. The Bertz CT molecular complexity index is 630. The van der Waals surface area contributed by atoms with Crippen LogP contribution in [0.1, 0.15) is 32.5 Å². The maximum atomic E-state index is 5.33. The van der Waals surface area contributed by atoms with Crippen molar-refractivity contribution in [3.8, 4) is 0 Å². The fraction of sp³-hybridized carbons (Fsp3) is 0.588. The highest BCUT2D eigenvalue weighted by molar-refractivity contribution is 14.0. The number of halogens is 1. The largest absolute Gasteiger partial charge is 0.382 e. The van der Waals surface area contributed by atoms with Crippen LogP contribution in [0.3, 0.4) is 0 Å². The number of hydrogen-bond donors (Lipinski definition) is 2. The van der Waals surface area contributed by atoms with Gasteiger partial charge in [0.05, 0.1) is 0 Å². The smallest absolute Gasteiger partial charge is 0.191 e. The molecule has 0 spiro atoms. The molecule has 2 aromatic heterocycles. The first-order valence-corrected chi connectivity index (χ1v) is 8.73. The van der Waals surface area contributed by atoms with E-state index in [4.69, 9.17) is 4.74 Å². The number of aliphatic imine (C=N–C) groups is 1. The molecule has 0 aliphatic rings. The van der Waals surface area contributed by atoms with Crippen LogP contribution in [0, 0.1) is 0 Å². The predicted octanol–water partition coefficient (Wildman–Crippen LogP) is 2.26. The van der Waals surface area contributed by atoms with E-state index in [2.05, 4.69) is 32.7 Å². The van der Waals surface area contributed by atoms with Crippen LogP contribution in [-0.4, -0.2) is 53.4 Å². The van der Waals surface area contributed by atoms with Gasteiger partial charge in [0.1, 0.15) is 5.82 Å². The zero-order valence-electron chi connectivity index (χ0n) is 15.1. The number of aromatic nitrogens is 3. The molecule has 2 heterocycles. The fourth-order valence-corrected chi connectivity index (χ4v) is 2.36. The van der Waals surface area contributed by atoms with Crippen LogP contribution in [0.15, 0.2) is 29.4 Å². The summed E-state index contributed by atoms with van der Waals surface area (Å²) >= 11 is 0. The van der Waals surface area contributed by atoms with Crippen molar-refractivity contribution in [1.82, 2.24) is 25.2 Å². The zero-order chi connectivity index (χ0) is 17.0. The van der Waals surface area contributed by atoms with Crippen molar-refractivity contribution in [1.29, 1.82) is 0 Å². The van der Waals surface area contributed by atoms with E-state index >= 15 is 0 Å². The van der Waals surface area contributed by atoms with Gasteiger partial charge in [0, 0.05) is 45.5 Å². The van der Waals surface area contributed by atoms with E-state index in [-0.39, 0.29) is 24.0 Å². The Morgan fingerprint density at radius 1 is 1.20 bits per heavy atom. The molecule has 0 radical (unpaired) electrons. The number of nitrogens with zero attached hydrogens (tertiary/aromatic N) is 4. The van der Waals surface area contributed by atoms with Gasteiger partial charge in [-0.3, -0.25) is 9.39 Å². The summed E-state index contributed by atoms with van der Waals surface area (Å²) in [5.41, 5.74) is 0.889. The molecule has 0 fully saturated rings. The molecule has 7 nitrogen and oxygen atoms in total. The van der Waals surface area contributed by atoms with Gasteiger partial charge in [0.15, 0.2) is 11.6 Å². The van der Waals surface area contributed by atoms with Crippen LogP contribution >= 0.6 is 24.0 Å². The number of fused-ring (bicyclic) bond motifs is 1. The van der Waals surface area contributed by atoms with Crippen LogP contribution in [0.4, 0.5) is 0 Å². The van der Waals surface area contributed by atoms with E-state index in [1.54, 1.807) is 0 Å². The zero-order valence-corrected chi connectivity index (χ0v) is 17.4. The summed E-state index contributed by atoms with van der Waals surface area (Å²) < 4.78 is 7.36. The first-order chi connectivity index (χ1) is 11.8. The van der Waals surface area contributed by atoms with E-state index in [0.29, 0.717) is 0 Å². The normalized spacial score (nSPS) is 11.4. The van der Waals surface area contributed by atoms with Crippen molar-refractivity contribution in [3.63, 3.8) is 0 Å². The molecular weight excluding hydrogens is 431 g/mol. The van der Waals surface area contributed by atoms with Crippen LogP contribution in [0.2, 0.25) is 0 Å². The molecule has 140 valence electrons. The van der Waals surface area contributed by atoms with E-state index in [9.17, 15) is 0 Å². The summed E-state index contributed by atoms with van der Waals surface area (Å²) in [7, 11) is 0. The molecule has 0 aliphatic carbocycles.